The molecule has 0 fully saturated rings. The maximum absolute atomic E-state index is 12.4. The minimum absolute atomic E-state index is 0.160. The van der Waals surface area contributed by atoms with Crippen LogP contribution in [0.25, 0.3) is 5.69 Å². The minimum atomic E-state index is -0.533. The van der Waals surface area contributed by atoms with E-state index in [1.165, 1.54) is 46.6 Å². The zero-order chi connectivity index (χ0) is 18.9. The number of aromatic nitrogens is 4. The van der Waals surface area contributed by atoms with E-state index in [0.29, 0.717) is 10.8 Å². The van der Waals surface area contributed by atoms with E-state index in [1.54, 1.807) is 6.20 Å². The summed E-state index contributed by atoms with van der Waals surface area (Å²) >= 11 is 1.27. The first-order valence-corrected chi connectivity index (χ1v) is 8.49. The van der Waals surface area contributed by atoms with Crippen molar-refractivity contribution in [3.05, 3.63) is 57.6 Å². The smallest absolute Gasteiger partial charge is 0.294 e. The van der Waals surface area contributed by atoms with Crippen LogP contribution in [-0.2, 0) is 5.41 Å². The molecule has 3 rings (SSSR count). The lowest BCUT2D eigenvalue weighted by Gasteiger charge is -2.12. The number of nitro groups is 1. The van der Waals surface area contributed by atoms with Gasteiger partial charge in [-0.25, -0.2) is 4.98 Å². The van der Waals surface area contributed by atoms with Crippen molar-refractivity contribution in [3.63, 3.8) is 0 Å². The van der Waals surface area contributed by atoms with Crippen LogP contribution in [0.5, 0.6) is 0 Å². The molecule has 2 aromatic heterocycles. The molecular weight excluding hydrogens is 356 g/mol. The summed E-state index contributed by atoms with van der Waals surface area (Å²) in [6.07, 6.45) is 4.57. The Morgan fingerprint density at radius 1 is 1.31 bits per heavy atom. The van der Waals surface area contributed by atoms with Gasteiger partial charge >= 0.3 is 0 Å². The summed E-state index contributed by atoms with van der Waals surface area (Å²) in [4.78, 5) is 27.2. The van der Waals surface area contributed by atoms with Crippen LogP contribution in [-0.4, -0.2) is 30.6 Å². The molecule has 0 aliphatic heterocycles. The zero-order valence-corrected chi connectivity index (χ0v) is 15.1. The minimum Gasteiger partial charge on any atom is -0.300 e. The monoisotopic (exact) mass is 372 g/mol. The number of amides is 1. The zero-order valence-electron chi connectivity index (χ0n) is 14.3. The van der Waals surface area contributed by atoms with E-state index in [1.807, 2.05) is 20.8 Å². The molecule has 0 bridgehead atoms. The Hall–Kier alpha value is -3.14. The van der Waals surface area contributed by atoms with Crippen molar-refractivity contribution < 1.29 is 9.72 Å². The van der Waals surface area contributed by atoms with Gasteiger partial charge in [0.25, 0.3) is 11.6 Å². The number of carbonyl (C=O) groups is 1. The molecule has 1 N–H and O–H groups in total. The molecule has 0 unspecified atom stereocenters. The number of hydrogen-bond acceptors (Lipinski definition) is 7. The Morgan fingerprint density at radius 3 is 2.65 bits per heavy atom. The topological polar surface area (TPSA) is 116 Å². The molecular formula is C16H16N6O3S. The fourth-order valence-electron chi connectivity index (χ4n) is 2.18. The van der Waals surface area contributed by atoms with Gasteiger partial charge in [-0.05, 0) is 12.1 Å². The van der Waals surface area contributed by atoms with Gasteiger partial charge in [-0.15, -0.1) is 10.2 Å². The molecule has 9 nitrogen and oxygen atoms in total. The van der Waals surface area contributed by atoms with E-state index in [2.05, 4.69) is 20.5 Å². The Kier molecular flexibility index (Phi) is 4.51. The maximum atomic E-state index is 12.4. The third-order valence-electron chi connectivity index (χ3n) is 3.50. The van der Waals surface area contributed by atoms with Crippen molar-refractivity contribution in [1.82, 2.24) is 19.7 Å². The molecule has 2 heterocycles. The molecule has 3 aromatic rings. The van der Waals surface area contributed by atoms with Crippen LogP contribution in [0, 0.1) is 10.1 Å². The SMILES string of the molecule is CC(C)(C)c1nnc(NC(=O)c2ccc(-n3ccnc3)c([N+](=O)[O-])c2)s1. The first-order valence-electron chi connectivity index (χ1n) is 7.68. The van der Waals surface area contributed by atoms with Crippen molar-refractivity contribution in [2.45, 2.75) is 26.2 Å². The number of rotatable bonds is 4. The van der Waals surface area contributed by atoms with Crippen LogP contribution in [0.2, 0.25) is 0 Å². The Bertz CT molecular complexity index is 959. The molecule has 0 aliphatic rings. The number of hydrogen-bond donors (Lipinski definition) is 1. The number of nitrogens with zero attached hydrogens (tertiary/aromatic N) is 5. The van der Waals surface area contributed by atoms with Gasteiger partial charge in [-0.2, -0.15) is 0 Å². The van der Waals surface area contributed by atoms with Gasteiger partial charge in [0.15, 0.2) is 0 Å². The summed E-state index contributed by atoms with van der Waals surface area (Å²) in [7, 11) is 0. The molecule has 26 heavy (non-hydrogen) atoms. The van der Waals surface area contributed by atoms with Crippen molar-refractivity contribution in [2.75, 3.05) is 5.32 Å². The summed E-state index contributed by atoms with van der Waals surface area (Å²) in [5, 5.41) is 23.2. The molecule has 0 aliphatic carbocycles. The van der Waals surface area contributed by atoms with Gasteiger partial charge < -0.3 is 4.57 Å². The van der Waals surface area contributed by atoms with Gasteiger partial charge in [0, 0.05) is 29.4 Å². The van der Waals surface area contributed by atoms with E-state index < -0.39 is 10.8 Å². The average molecular weight is 372 g/mol. The first kappa shape index (κ1) is 17.7. The van der Waals surface area contributed by atoms with Crippen molar-refractivity contribution in [2.24, 2.45) is 0 Å². The van der Waals surface area contributed by atoms with E-state index >= 15 is 0 Å². The molecule has 1 aromatic carbocycles. The van der Waals surface area contributed by atoms with E-state index in [9.17, 15) is 14.9 Å². The van der Waals surface area contributed by atoms with Gasteiger partial charge in [0.1, 0.15) is 10.7 Å². The Balaban J connectivity index is 1.87. The Morgan fingerprint density at radius 2 is 2.08 bits per heavy atom. The highest BCUT2D eigenvalue weighted by Gasteiger charge is 2.22. The van der Waals surface area contributed by atoms with Gasteiger partial charge in [-0.3, -0.25) is 20.2 Å². The standard InChI is InChI=1S/C16H16N6O3S/c1-16(2,3)14-19-20-15(26-14)18-13(23)10-4-5-11(12(8-10)22(24)25)21-7-6-17-9-21/h4-9H,1-3H3,(H,18,20,23). The van der Waals surface area contributed by atoms with Gasteiger partial charge in [-0.1, -0.05) is 32.1 Å². The summed E-state index contributed by atoms with van der Waals surface area (Å²) < 4.78 is 1.51. The number of nitrogens with one attached hydrogen (secondary N) is 1. The van der Waals surface area contributed by atoms with Crippen molar-refractivity contribution in [1.29, 1.82) is 0 Å². The molecule has 10 heteroatoms. The fraction of sp³-hybridized carbons (Fsp3) is 0.250. The second-order valence-corrected chi connectivity index (χ2v) is 7.52. The molecule has 0 radical (unpaired) electrons. The van der Waals surface area contributed by atoms with Crippen LogP contribution in [0.1, 0.15) is 36.1 Å². The molecule has 0 saturated heterocycles. The lowest BCUT2D eigenvalue weighted by atomic mass is 9.98. The third-order valence-corrected chi connectivity index (χ3v) is 4.77. The summed E-state index contributed by atoms with van der Waals surface area (Å²) in [5.74, 6) is -0.484. The summed E-state index contributed by atoms with van der Waals surface area (Å²) in [6.45, 7) is 5.99. The molecule has 0 spiro atoms. The second kappa shape index (κ2) is 6.64. The van der Waals surface area contributed by atoms with Crippen LogP contribution >= 0.6 is 11.3 Å². The molecule has 134 valence electrons. The quantitative estimate of drug-likeness (QED) is 0.555. The first-order chi connectivity index (χ1) is 12.3. The average Bonchev–Trinajstić information content (AvgIpc) is 3.25. The van der Waals surface area contributed by atoms with Crippen LogP contribution < -0.4 is 5.32 Å². The largest absolute Gasteiger partial charge is 0.300 e. The predicted molar refractivity (Wildman–Crippen MR) is 96.8 cm³/mol. The van der Waals surface area contributed by atoms with Crippen molar-refractivity contribution in [3.8, 4) is 5.69 Å². The highest BCUT2D eigenvalue weighted by molar-refractivity contribution is 7.15. The van der Waals surface area contributed by atoms with E-state index in [-0.39, 0.29) is 16.7 Å². The molecule has 1 amide bonds. The number of benzene rings is 1. The Labute approximate surface area is 152 Å². The normalized spacial score (nSPS) is 11.3. The van der Waals surface area contributed by atoms with Crippen LogP contribution in [0.4, 0.5) is 10.8 Å². The highest BCUT2D eigenvalue weighted by Crippen LogP contribution is 2.29. The van der Waals surface area contributed by atoms with Crippen molar-refractivity contribution >= 4 is 28.1 Å². The maximum Gasteiger partial charge on any atom is 0.294 e. The van der Waals surface area contributed by atoms with Crippen LogP contribution in [0.15, 0.2) is 36.9 Å². The predicted octanol–water partition coefficient (Wildman–Crippen LogP) is 3.18. The summed E-state index contributed by atoms with van der Waals surface area (Å²) in [5.41, 5.74) is 0.123. The fourth-order valence-corrected chi connectivity index (χ4v) is 2.97. The number of imidazole rings is 1. The highest BCUT2D eigenvalue weighted by atomic mass is 32.1. The van der Waals surface area contributed by atoms with Gasteiger partial charge in [0.05, 0.1) is 11.3 Å². The number of nitro benzene ring substituents is 1. The van der Waals surface area contributed by atoms with E-state index in [4.69, 9.17) is 0 Å². The van der Waals surface area contributed by atoms with Crippen LogP contribution in [0.3, 0.4) is 0 Å². The lowest BCUT2D eigenvalue weighted by molar-refractivity contribution is -0.384. The second-order valence-electron chi connectivity index (χ2n) is 6.55. The third kappa shape index (κ3) is 3.59. The molecule has 0 atom stereocenters. The number of carbonyl (C=O) groups excluding carboxylic acids is 1. The molecule has 0 saturated carbocycles. The van der Waals surface area contributed by atoms with Gasteiger partial charge in [0.2, 0.25) is 5.13 Å². The lowest BCUT2D eigenvalue weighted by Crippen LogP contribution is -2.12. The number of anilines is 1. The summed E-state index contributed by atoms with van der Waals surface area (Å²) in [6, 6.07) is 4.26. The van der Waals surface area contributed by atoms with E-state index in [0.717, 1.165) is 5.01 Å².